The number of anilines is 6. The Labute approximate surface area is 817 Å². The molecular weight excluding hydrogens is 1610 g/mol. The van der Waals surface area contributed by atoms with Crippen LogP contribution in [0.3, 0.4) is 0 Å². The summed E-state index contributed by atoms with van der Waals surface area (Å²) in [4.78, 5) is 6.36. The Balaban J connectivity index is 0.000000223. The van der Waals surface area contributed by atoms with Crippen LogP contribution in [0.15, 0.2) is 291 Å². The number of benzene rings is 12. The molecule has 0 unspecified atom stereocenters. The van der Waals surface area contributed by atoms with Crippen LogP contribution in [-0.4, -0.2) is 20.1 Å². The molecule has 12 aromatic rings. The van der Waals surface area contributed by atoms with E-state index in [0.29, 0.717) is 6.04 Å². The number of para-hydroxylation sites is 8. The van der Waals surface area contributed by atoms with Gasteiger partial charge in [0.1, 0.15) is 11.5 Å². The van der Waals surface area contributed by atoms with Crippen LogP contribution in [0, 0.1) is 0 Å². The van der Waals surface area contributed by atoms with Gasteiger partial charge in [-0.3, -0.25) is 0 Å². The van der Waals surface area contributed by atoms with E-state index in [0.717, 1.165) is 40.4 Å². The summed E-state index contributed by atoms with van der Waals surface area (Å²) in [5.41, 5.74) is 29.2. The van der Waals surface area contributed by atoms with Crippen LogP contribution >= 0.6 is 0 Å². The molecule has 0 heterocycles. The molecule has 714 valence electrons. The second-order valence-electron chi connectivity index (χ2n) is 49.8. The Bertz CT molecular complexity index is 5370. The highest BCUT2D eigenvalue weighted by Crippen LogP contribution is 2.48. The van der Waals surface area contributed by atoms with Crippen molar-refractivity contribution in [1.82, 2.24) is 0 Å². The van der Waals surface area contributed by atoms with Gasteiger partial charge in [-0.25, -0.2) is 0 Å². The van der Waals surface area contributed by atoms with Crippen LogP contribution in [0.2, 0.25) is 0 Å². The topological polar surface area (TPSA) is 19.0 Å². The average Bonchev–Trinajstić information content (AvgIpc) is 0.730. The van der Waals surface area contributed by atoms with Gasteiger partial charge >= 0.3 is 0 Å². The van der Waals surface area contributed by atoms with Crippen LogP contribution in [0.25, 0.3) is 0 Å². The van der Waals surface area contributed by atoms with E-state index in [2.05, 4.69) is 524 Å². The minimum Gasteiger partial charge on any atom is -0.457 e. The van der Waals surface area contributed by atoms with Gasteiger partial charge in [-0.1, -0.05) is 506 Å². The highest BCUT2D eigenvalue weighted by Gasteiger charge is 2.36. The van der Waals surface area contributed by atoms with Crippen LogP contribution in [0.1, 0.15) is 370 Å². The zero-order chi connectivity index (χ0) is 103. The molecule has 0 aromatic heterocycles. The van der Waals surface area contributed by atoms with Gasteiger partial charge in [0.2, 0.25) is 0 Å². The lowest BCUT2D eigenvalue weighted by Gasteiger charge is -2.37. The minimum atomic E-state index is -2.28. The minimum absolute atomic E-state index is 0.0201. The second kappa shape index (κ2) is 43.7. The molecule has 133 heavy (non-hydrogen) atoms. The van der Waals surface area contributed by atoms with E-state index in [1.807, 2.05) is 60.7 Å². The van der Waals surface area contributed by atoms with E-state index >= 15 is 0 Å². The molecule has 0 saturated carbocycles. The van der Waals surface area contributed by atoms with Crippen molar-refractivity contribution in [2.75, 3.05) is 28.7 Å². The van der Waals surface area contributed by atoms with E-state index in [1.165, 1.54) is 106 Å². The standard InChI is InChI=1S/C23H33N.C23H32.2C21H29N.C21H28.C20H26O/c1-17(2)24(20-15-11-9-13-18(20)22(3,4)5)21-16-12-10-14-19(21)23(6,7)8;1-21(2,3)17-13-9-11-15-19(17)23(7,8)20-16-12-10-14-18(20)22(4,5)6;2*1-20(2,3)16-12-8-10-14-18(16)22(7)19-15-11-9-13-17(19)21(4,5)6;1-20(2,3)18-13-9-7-11-16(18)15-17-12-8-10-14-19(17)21(4,5)6;1-19(2,3)15-11-7-9-13-17(15)21-18-14-10-8-12-16(18)20(4,5)6/h9-17H,1-8H3;9-16H,1-8H3;2*8-15H,1-7H3;7-14H,15H2,1-6H3;7-14H,1-6H3/i;;7D3;;;. The van der Waals surface area contributed by atoms with Gasteiger partial charge in [-0.15, -0.1) is 0 Å². The molecule has 0 N–H and O–H groups in total. The summed E-state index contributed by atoms with van der Waals surface area (Å²) in [6.45, 7) is 87.9. The van der Waals surface area contributed by atoms with Crippen molar-refractivity contribution in [2.45, 2.75) is 360 Å². The summed E-state index contributed by atoms with van der Waals surface area (Å²) in [6.07, 6.45) is 1.01. The Morgan fingerprint density at radius 1 is 0.203 bits per heavy atom. The summed E-state index contributed by atoms with van der Waals surface area (Å²) in [5.74, 6) is 1.89. The first-order chi connectivity index (χ1) is 62.3. The first kappa shape index (κ1) is 105. The predicted octanol–water partition coefficient (Wildman–Crippen LogP) is 37.5. The van der Waals surface area contributed by atoms with Gasteiger partial charge in [0.05, 0.1) is 0 Å². The lowest BCUT2D eigenvalue weighted by atomic mass is 9.67. The second-order valence-corrected chi connectivity index (χ2v) is 49.8. The van der Waals surface area contributed by atoms with Gasteiger partial charge < -0.3 is 19.4 Å². The quantitative estimate of drug-likeness (QED) is 0.115. The summed E-state index contributed by atoms with van der Waals surface area (Å²) in [7, 11) is 2.18. The van der Waals surface area contributed by atoms with E-state index in [9.17, 15) is 0 Å². The molecule has 4 nitrogen and oxygen atoms in total. The zero-order valence-electron chi connectivity index (χ0n) is 93.7. The largest absolute Gasteiger partial charge is 0.457 e. The molecule has 0 aliphatic heterocycles. The van der Waals surface area contributed by atoms with E-state index in [1.54, 1.807) is 0 Å². The summed E-state index contributed by atoms with van der Waals surface area (Å²) < 4.78 is 31.0. The summed E-state index contributed by atoms with van der Waals surface area (Å²) in [6, 6.07) is 103. The lowest BCUT2D eigenvalue weighted by Crippen LogP contribution is -2.31. The molecule has 0 bridgehead atoms. The number of nitrogens with zero attached hydrogens (tertiary/aromatic N) is 3. The number of ether oxygens (including phenoxy) is 1. The van der Waals surface area contributed by atoms with Crippen molar-refractivity contribution in [3.05, 3.63) is 380 Å². The predicted molar refractivity (Wildman–Crippen MR) is 590 cm³/mol. The van der Waals surface area contributed by atoms with Crippen LogP contribution in [0.5, 0.6) is 11.5 Å². The Morgan fingerprint density at radius 3 is 0.602 bits per heavy atom. The molecule has 12 rings (SSSR count). The monoisotopic (exact) mass is 1790 g/mol. The van der Waals surface area contributed by atoms with E-state index < -0.39 is 6.98 Å². The molecule has 0 saturated heterocycles. The zero-order valence-corrected chi connectivity index (χ0v) is 90.7. The van der Waals surface area contributed by atoms with Crippen molar-refractivity contribution < 1.29 is 8.85 Å². The molecule has 0 spiro atoms. The Morgan fingerprint density at radius 2 is 0.376 bits per heavy atom. The van der Waals surface area contributed by atoms with Crippen molar-refractivity contribution in [3.63, 3.8) is 0 Å². The normalized spacial score (nSPS) is 13.0. The molecule has 0 radical (unpaired) electrons. The van der Waals surface area contributed by atoms with Crippen molar-refractivity contribution in [2.24, 2.45) is 0 Å². The molecule has 12 aromatic carbocycles. The summed E-state index contributed by atoms with van der Waals surface area (Å²) in [5, 5.41) is 0. The van der Waals surface area contributed by atoms with Crippen LogP contribution in [-0.2, 0) is 76.8 Å². The Kier molecular flexibility index (Phi) is 34.4. The van der Waals surface area contributed by atoms with Gasteiger partial charge in [-0.05, 0) is 212 Å². The van der Waals surface area contributed by atoms with E-state index in [4.69, 9.17) is 8.85 Å². The fourth-order valence-corrected chi connectivity index (χ4v) is 18.0. The van der Waals surface area contributed by atoms with Crippen LogP contribution < -0.4 is 19.4 Å². The SMILES string of the molecule is CC(C)(C)c1ccccc1C(C)(C)c1ccccc1C(C)(C)C.CC(C)(C)c1ccccc1Cc1ccccc1C(C)(C)C.CC(C)(C)c1ccccc1Oc1ccccc1C(C)(C)C.CC(C)N(c1ccccc1C(C)(C)C)c1ccccc1C(C)(C)C.CN(c1ccccc1C(C)(C)C)c1ccccc1C(C)(C)C.[2H]C([2H])([2H])N(c1ccccc1C(C)(C)C)c1ccccc1C(C)(C)C. The molecule has 4 heteroatoms. The molecule has 0 aliphatic carbocycles. The highest BCUT2D eigenvalue weighted by molar-refractivity contribution is 5.74. The third kappa shape index (κ3) is 29.9. The third-order valence-electron chi connectivity index (χ3n) is 25.0. The highest BCUT2D eigenvalue weighted by atomic mass is 16.5. The molecule has 0 atom stereocenters. The first-order valence-corrected chi connectivity index (χ1v) is 49.0. The maximum atomic E-state index is 8.23. The number of hydrogen-bond donors (Lipinski definition) is 0. The first-order valence-electron chi connectivity index (χ1n) is 50.5. The van der Waals surface area contributed by atoms with Crippen molar-refractivity contribution in [1.29, 1.82) is 0 Å². The maximum absolute atomic E-state index is 8.23. The fraction of sp³-hybridized carbons (Fsp3) is 0.442. The van der Waals surface area contributed by atoms with Crippen LogP contribution in [0.4, 0.5) is 34.1 Å². The molecule has 0 fully saturated rings. The van der Waals surface area contributed by atoms with Gasteiger partial charge in [0, 0.05) is 74.8 Å². The van der Waals surface area contributed by atoms with E-state index in [-0.39, 0.29) is 70.4 Å². The number of rotatable bonds is 13. The van der Waals surface area contributed by atoms with Crippen molar-refractivity contribution in [3.8, 4) is 11.5 Å². The van der Waals surface area contributed by atoms with Gasteiger partial charge in [0.15, 0.2) is 0 Å². The molecule has 0 aliphatic rings. The average molecular weight is 1790 g/mol. The fourth-order valence-electron chi connectivity index (χ4n) is 18.0. The number of hydrogen-bond acceptors (Lipinski definition) is 4. The maximum Gasteiger partial charge on any atom is 0.131 e. The smallest absolute Gasteiger partial charge is 0.131 e. The molecular formula is C129H177N3O. The summed E-state index contributed by atoms with van der Waals surface area (Å²) >= 11 is 0. The van der Waals surface area contributed by atoms with Gasteiger partial charge in [0.25, 0.3) is 0 Å². The van der Waals surface area contributed by atoms with Gasteiger partial charge in [-0.2, -0.15) is 0 Å². The Hall–Kier alpha value is -10.2. The third-order valence-corrected chi connectivity index (χ3v) is 25.0. The lowest BCUT2D eigenvalue weighted by molar-refractivity contribution is 0.436. The molecule has 0 amide bonds. The van der Waals surface area contributed by atoms with Crippen molar-refractivity contribution >= 4 is 34.1 Å².